The second-order valence-corrected chi connectivity index (χ2v) is 2.65. The van der Waals surface area contributed by atoms with Crippen molar-refractivity contribution in [3.63, 3.8) is 0 Å². The molecule has 14 heavy (non-hydrogen) atoms. The summed E-state index contributed by atoms with van der Waals surface area (Å²) in [4.78, 5) is 22.3. The number of fused-ring (bicyclic) bond motifs is 1. The van der Waals surface area contributed by atoms with Crippen LogP contribution in [0.15, 0.2) is 29.2 Å². The minimum Gasteiger partial charge on any atom is -0.364 e. The Morgan fingerprint density at radius 2 is 2.14 bits per heavy atom. The molecule has 0 unspecified atom stereocenters. The molecular weight excluding hydrogens is 184 g/mol. The highest BCUT2D eigenvalue weighted by atomic mass is 16.2. The Hall–Kier alpha value is -2.24. The molecule has 0 saturated heterocycles. The molecule has 0 aliphatic carbocycles. The lowest BCUT2D eigenvalue weighted by Gasteiger charge is -1.98. The molecule has 0 radical (unpaired) electrons. The van der Waals surface area contributed by atoms with Crippen molar-refractivity contribution in [2.45, 2.75) is 0 Å². The summed E-state index contributed by atoms with van der Waals surface area (Å²) in [5.74, 6) is -0.874. The SMILES string of the molecule is NC(=O)c1nnc2ccccn2c1=O. The predicted molar refractivity (Wildman–Crippen MR) is 47.8 cm³/mol. The third-order valence-corrected chi connectivity index (χ3v) is 1.75. The van der Waals surface area contributed by atoms with Crippen molar-refractivity contribution in [2.75, 3.05) is 0 Å². The normalized spacial score (nSPS) is 10.3. The van der Waals surface area contributed by atoms with Crippen LogP contribution in [0.1, 0.15) is 10.5 Å². The topological polar surface area (TPSA) is 90.3 Å². The van der Waals surface area contributed by atoms with Crippen LogP contribution >= 0.6 is 0 Å². The lowest BCUT2D eigenvalue weighted by molar-refractivity contribution is 0.0993. The van der Waals surface area contributed by atoms with Gasteiger partial charge in [0.2, 0.25) is 5.69 Å². The Bertz CT molecular complexity index is 561. The molecule has 0 aliphatic heterocycles. The molecule has 0 bridgehead atoms. The first kappa shape index (κ1) is 8.36. The van der Waals surface area contributed by atoms with Crippen molar-refractivity contribution in [1.29, 1.82) is 0 Å². The number of carbonyl (C=O) groups is 1. The molecular formula is C8H6N4O2. The van der Waals surface area contributed by atoms with Gasteiger partial charge in [0.25, 0.3) is 11.5 Å². The highest BCUT2D eigenvalue weighted by Gasteiger charge is 2.10. The van der Waals surface area contributed by atoms with E-state index >= 15 is 0 Å². The number of hydrogen-bond acceptors (Lipinski definition) is 4. The number of primary amides is 1. The molecule has 1 amide bonds. The van der Waals surface area contributed by atoms with E-state index < -0.39 is 11.5 Å². The predicted octanol–water partition coefficient (Wildman–Crippen LogP) is -0.812. The molecule has 2 aromatic heterocycles. The first-order valence-electron chi connectivity index (χ1n) is 3.84. The van der Waals surface area contributed by atoms with Crippen molar-refractivity contribution >= 4 is 11.6 Å². The molecule has 6 heteroatoms. The molecule has 0 atom stereocenters. The van der Waals surface area contributed by atoms with Crippen LogP contribution in [-0.4, -0.2) is 20.5 Å². The van der Waals surface area contributed by atoms with Gasteiger partial charge in [-0.2, -0.15) is 0 Å². The Balaban J connectivity index is 2.89. The van der Waals surface area contributed by atoms with Crippen molar-refractivity contribution in [1.82, 2.24) is 14.6 Å². The number of pyridine rings is 1. The summed E-state index contributed by atoms with van der Waals surface area (Å²) in [6, 6.07) is 4.98. The van der Waals surface area contributed by atoms with Gasteiger partial charge in [-0.3, -0.25) is 14.0 Å². The van der Waals surface area contributed by atoms with Gasteiger partial charge in [-0.1, -0.05) is 6.07 Å². The largest absolute Gasteiger partial charge is 0.364 e. The van der Waals surface area contributed by atoms with Crippen molar-refractivity contribution < 1.29 is 4.79 Å². The molecule has 0 aromatic carbocycles. The number of aromatic nitrogens is 3. The van der Waals surface area contributed by atoms with Gasteiger partial charge in [0.1, 0.15) is 0 Å². The quantitative estimate of drug-likeness (QED) is 0.636. The molecule has 2 heterocycles. The van der Waals surface area contributed by atoms with Gasteiger partial charge < -0.3 is 5.73 Å². The summed E-state index contributed by atoms with van der Waals surface area (Å²) in [7, 11) is 0. The molecule has 2 rings (SSSR count). The Morgan fingerprint density at radius 3 is 2.86 bits per heavy atom. The van der Waals surface area contributed by atoms with Crippen LogP contribution in [0.25, 0.3) is 5.65 Å². The minimum absolute atomic E-state index is 0.353. The first-order chi connectivity index (χ1) is 6.70. The van der Waals surface area contributed by atoms with E-state index in [0.29, 0.717) is 5.65 Å². The number of nitrogens with two attached hydrogens (primary N) is 1. The summed E-state index contributed by atoms with van der Waals surface area (Å²) in [6.07, 6.45) is 1.50. The average Bonchev–Trinajstić information content (AvgIpc) is 2.18. The van der Waals surface area contributed by atoms with E-state index in [1.165, 1.54) is 10.6 Å². The summed E-state index contributed by atoms with van der Waals surface area (Å²) in [6.45, 7) is 0. The van der Waals surface area contributed by atoms with Gasteiger partial charge in [0.05, 0.1) is 0 Å². The van der Waals surface area contributed by atoms with Gasteiger partial charge >= 0.3 is 0 Å². The molecule has 6 nitrogen and oxygen atoms in total. The van der Waals surface area contributed by atoms with Crippen LogP contribution in [0.4, 0.5) is 0 Å². The molecule has 0 fully saturated rings. The average molecular weight is 190 g/mol. The van der Waals surface area contributed by atoms with E-state index in [2.05, 4.69) is 10.2 Å². The van der Waals surface area contributed by atoms with Gasteiger partial charge in [-0.25, -0.2) is 0 Å². The monoisotopic (exact) mass is 190 g/mol. The van der Waals surface area contributed by atoms with E-state index in [1.807, 2.05) is 0 Å². The van der Waals surface area contributed by atoms with Crippen LogP contribution in [0, 0.1) is 0 Å². The maximum atomic E-state index is 11.5. The zero-order chi connectivity index (χ0) is 10.1. The number of hydrogen-bond donors (Lipinski definition) is 1. The third kappa shape index (κ3) is 1.13. The molecule has 0 aliphatic rings. The standard InChI is InChI=1S/C8H6N4O2/c9-7(13)6-8(14)12-4-2-1-3-5(12)10-11-6/h1-4H,(H2,9,13). The van der Waals surface area contributed by atoms with E-state index in [0.717, 1.165) is 0 Å². The highest BCUT2D eigenvalue weighted by Crippen LogP contribution is 1.93. The fourth-order valence-electron chi connectivity index (χ4n) is 1.10. The van der Waals surface area contributed by atoms with Crippen molar-refractivity contribution in [3.8, 4) is 0 Å². The van der Waals surface area contributed by atoms with Gasteiger partial charge in [-0.15, -0.1) is 10.2 Å². The van der Waals surface area contributed by atoms with Gasteiger partial charge in [-0.05, 0) is 12.1 Å². The lowest BCUT2D eigenvalue weighted by Crippen LogP contribution is -2.29. The number of carbonyl (C=O) groups excluding carboxylic acids is 1. The second-order valence-electron chi connectivity index (χ2n) is 2.65. The molecule has 70 valence electrons. The Labute approximate surface area is 78.0 Å². The summed E-state index contributed by atoms with van der Waals surface area (Å²) in [5.41, 5.74) is 4.42. The van der Waals surface area contributed by atoms with Crippen molar-refractivity contribution in [3.05, 3.63) is 40.4 Å². The zero-order valence-corrected chi connectivity index (χ0v) is 7.04. The maximum absolute atomic E-state index is 11.5. The first-order valence-corrected chi connectivity index (χ1v) is 3.84. The molecule has 2 aromatic rings. The fraction of sp³-hybridized carbons (Fsp3) is 0. The van der Waals surface area contributed by atoms with Crippen molar-refractivity contribution in [2.24, 2.45) is 5.73 Å². The number of rotatable bonds is 1. The molecule has 2 N–H and O–H groups in total. The zero-order valence-electron chi connectivity index (χ0n) is 7.04. The van der Waals surface area contributed by atoms with Gasteiger partial charge in [0, 0.05) is 6.20 Å². The summed E-state index contributed by atoms with van der Waals surface area (Å²) in [5, 5.41) is 7.12. The van der Waals surface area contributed by atoms with Crippen LogP contribution in [-0.2, 0) is 0 Å². The Kier molecular flexibility index (Phi) is 1.74. The van der Waals surface area contributed by atoms with Crippen LogP contribution in [0.5, 0.6) is 0 Å². The second kappa shape index (κ2) is 2.91. The molecule has 0 spiro atoms. The maximum Gasteiger partial charge on any atom is 0.289 e. The summed E-state index contributed by atoms with van der Waals surface area (Å²) >= 11 is 0. The Morgan fingerprint density at radius 1 is 1.36 bits per heavy atom. The van der Waals surface area contributed by atoms with Gasteiger partial charge in [0.15, 0.2) is 5.65 Å². The van der Waals surface area contributed by atoms with Crippen LogP contribution in [0.3, 0.4) is 0 Å². The fourth-order valence-corrected chi connectivity index (χ4v) is 1.10. The van der Waals surface area contributed by atoms with E-state index in [1.54, 1.807) is 18.2 Å². The van der Waals surface area contributed by atoms with Crippen LogP contribution < -0.4 is 11.3 Å². The lowest BCUT2D eigenvalue weighted by atomic mass is 10.4. The van der Waals surface area contributed by atoms with Crippen LogP contribution in [0.2, 0.25) is 0 Å². The van der Waals surface area contributed by atoms with E-state index in [4.69, 9.17) is 5.73 Å². The summed E-state index contributed by atoms with van der Waals surface area (Å²) < 4.78 is 1.22. The van der Waals surface area contributed by atoms with E-state index in [9.17, 15) is 9.59 Å². The number of amides is 1. The number of nitrogens with zero attached hydrogens (tertiary/aromatic N) is 3. The third-order valence-electron chi connectivity index (χ3n) is 1.75. The molecule has 0 saturated carbocycles. The smallest absolute Gasteiger partial charge is 0.289 e. The highest BCUT2D eigenvalue weighted by molar-refractivity contribution is 5.90. The minimum atomic E-state index is -0.874. The van der Waals surface area contributed by atoms with E-state index in [-0.39, 0.29) is 5.69 Å².